The average molecular weight is 473 g/mol. The monoisotopic (exact) mass is 472 g/mol. The highest BCUT2D eigenvalue weighted by Crippen LogP contribution is 2.38. The fourth-order valence-electron chi connectivity index (χ4n) is 5.86. The largest absolute Gasteiger partial charge is 0.268 e. The molecule has 0 spiro atoms. The van der Waals surface area contributed by atoms with Crippen LogP contribution in [0.25, 0.3) is 70.8 Å². The second-order valence-electron chi connectivity index (χ2n) is 9.57. The lowest BCUT2D eigenvalue weighted by Gasteiger charge is -2.13. The highest BCUT2D eigenvalue weighted by Gasteiger charge is 2.14. The third-order valence-electron chi connectivity index (χ3n) is 7.59. The number of rotatable bonds is 1. The molecule has 8 rings (SSSR count). The molecule has 172 valence electrons. The number of hydrogen-bond donors (Lipinski definition) is 0. The molecule has 3 heteroatoms. The molecule has 0 fully saturated rings. The van der Waals surface area contributed by atoms with Crippen LogP contribution in [0.1, 0.15) is 0 Å². The summed E-state index contributed by atoms with van der Waals surface area (Å²) >= 11 is 0. The quantitative estimate of drug-likeness (QED) is 0.179. The Morgan fingerprint density at radius 3 is 1.84 bits per heavy atom. The predicted molar refractivity (Wildman–Crippen MR) is 154 cm³/mol. The van der Waals surface area contributed by atoms with Crippen LogP contribution < -0.4 is 5.56 Å². The van der Waals surface area contributed by atoms with E-state index in [-0.39, 0.29) is 5.56 Å². The van der Waals surface area contributed by atoms with Gasteiger partial charge >= 0.3 is 0 Å². The summed E-state index contributed by atoms with van der Waals surface area (Å²) in [6.07, 6.45) is 1.83. The van der Waals surface area contributed by atoms with Crippen molar-refractivity contribution in [1.29, 1.82) is 0 Å². The average Bonchev–Trinajstić information content (AvgIpc) is 2.97. The number of para-hydroxylation sites is 1. The van der Waals surface area contributed by atoms with Gasteiger partial charge in [0.05, 0.1) is 10.9 Å². The molecule has 0 aliphatic heterocycles. The van der Waals surface area contributed by atoms with Gasteiger partial charge in [0, 0.05) is 17.1 Å². The van der Waals surface area contributed by atoms with E-state index in [0.717, 1.165) is 27.4 Å². The maximum Gasteiger partial charge on any atom is 0.265 e. The van der Waals surface area contributed by atoms with Gasteiger partial charge in [-0.25, -0.2) is 4.98 Å². The van der Waals surface area contributed by atoms with Crippen LogP contribution >= 0.6 is 0 Å². The van der Waals surface area contributed by atoms with Crippen LogP contribution in [0.15, 0.2) is 126 Å². The fraction of sp³-hybridized carbons (Fsp3) is 0. The highest BCUT2D eigenvalue weighted by molar-refractivity contribution is 6.25. The van der Waals surface area contributed by atoms with Crippen LogP contribution in [-0.2, 0) is 0 Å². The number of aromatic nitrogens is 2. The summed E-state index contributed by atoms with van der Waals surface area (Å²) in [5.74, 6) is 0. The minimum atomic E-state index is -0.0511. The van der Waals surface area contributed by atoms with Crippen molar-refractivity contribution in [1.82, 2.24) is 9.38 Å². The van der Waals surface area contributed by atoms with Crippen LogP contribution in [0, 0.1) is 0 Å². The SMILES string of the molecule is O=c1c2cccc(-c3ccc4c5ccccc5c5ccccc5c4c3)c2nc2c3ccccc3ccn12. The van der Waals surface area contributed by atoms with E-state index < -0.39 is 0 Å². The predicted octanol–water partition coefficient (Wildman–Crippen LogP) is 8.13. The molecule has 0 saturated heterocycles. The molecule has 0 aliphatic rings. The van der Waals surface area contributed by atoms with Crippen LogP contribution in [0.4, 0.5) is 0 Å². The normalized spacial score (nSPS) is 11.9. The molecule has 8 aromatic rings. The molecule has 2 aromatic heterocycles. The molecule has 0 N–H and O–H groups in total. The topological polar surface area (TPSA) is 34.4 Å². The molecular weight excluding hydrogens is 452 g/mol. The lowest BCUT2D eigenvalue weighted by molar-refractivity contribution is 1.09. The van der Waals surface area contributed by atoms with Gasteiger partial charge in [0.1, 0.15) is 5.65 Å². The molecule has 0 bridgehead atoms. The Balaban J connectivity index is 1.49. The Morgan fingerprint density at radius 2 is 1.11 bits per heavy atom. The third-order valence-corrected chi connectivity index (χ3v) is 7.59. The molecule has 6 aromatic carbocycles. The number of pyridine rings is 1. The van der Waals surface area contributed by atoms with Gasteiger partial charge in [0.25, 0.3) is 5.56 Å². The minimum absolute atomic E-state index is 0.0511. The van der Waals surface area contributed by atoms with Crippen molar-refractivity contribution in [2.45, 2.75) is 0 Å². The Kier molecular flexibility index (Phi) is 4.09. The first kappa shape index (κ1) is 20.2. The summed E-state index contributed by atoms with van der Waals surface area (Å²) in [6.45, 7) is 0. The maximum atomic E-state index is 13.6. The Labute approximate surface area is 211 Å². The van der Waals surface area contributed by atoms with Crippen molar-refractivity contribution in [3.63, 3.8) is 0 Å². The van der Waals surface area contributed by atoms with Crippen LogP contribution in [0.3, 0.4) is 0 Å². The van der Waals surface area contributed by atoms with E-state index >= 15 is 0 Å². The van der Waals surface area contributed by atoms with E-state index in [1.54, 1.807) is 4.40 Å². The van der Waals surface area contributed by atoms with E-state index in [0.29, 0.717) is 11.0 Å². The standard InChI is InChI=1S/C34H20N2O/c37-34-30-15-7-14-23(32(30)35-33-24-9-2-1-8-21(24)18-19-36(33)34)22-16-17-29-27-12-4-3-10-25(27)26-11-5-6-13-28(26)31(29)20-22/h1-20H. The lowest BCUT2D eigenvalue weighted by atomic mass is 9.91. The summed E-state index contributed by atoms with van der Waals surface area (Å²) in [5.41, 5.74) is 3.37. The zero-order valence-electron chi connectivity index (χ0n) is 19.8. The van der Waals surface area contributed by atoms with Crippen molar-refractivity contribution in [2.24, 2.45) is 0 Å². The summed E-state index contributed by atoms with van der Waals surface area (Å²) in [5, 5.41) is 10.1. The van der Waals surface area contributed by atoms with E-state index in [2.05, 4.69) is 78.9 Å². The van der Waals surface area contributed by atoms with E-state index in [1.807, 2.05) is 42.6 Å². The van der Waals surface area contributed by atoms with Crippen molar-refractivity contribution >= 4 is 59.6 Å². The summed E-state index contributed by atoms with van der Waals surface area (Å²) in [7, 11) is 0. The molecule has 0 amide bonds. The molecule has 0 radical (unpaired) electrons. The van der Waals surface area contributed by atoms with Gasteiger partial charge in [-0.3, -0.25) is 9.20 Å². The van der Waals surface area contributed by atoms with Crippen LogP contribution in [-0.4, -0.2) is 9.38 Å². The molecule has 0 saturated carbocycles. The van der Waals surface area contributed by atoms with Gasteiger partial charge in [-0.1, -0.05) is 97.1 Å². The molecule has 3 nitrogen and oxygen atoms in total. The molecule has 37 heavy (non-hydrogen) atoms. The van der Waals surface area contributed by atoms with Crippen molar-refractivity contribution in [3.8, 4) is 11.1 Å². The van der Waals surface area contributed by atoms with Gasteiger partial charge in [0.2, 0.25) is 0 Å². The minimum Gasteiger partial charge on any atom is -0.268 e. The van der Waals surface area contributed by atoms with Gasteiger partial charge in [-0.15, -0.1) is 0 Å². The number of fused-ring (bicyclic) bond motifs is 10. The summed E-state index contributed by atoms with van der Waals surface area (Å²) < 4.78 is 1.66. The Morgan fingerprint density at radius 1 is 0.514 bits per heavy atom. The zero-order chi connectivity index (χ0) is 24.5. The molecule has 0 unspecified atom stereocenters. The maximum absolute atomic E-state index is 13.6. The molecule has 0 atom stereocenters. The van der Waals surface area contributed by atoms with Crippen molar-refractivity contribution < 1.29 is 0 Å². The molecule has 2 heterocycles. The molecular formula is C34H20N2O. The summed E-state index contributed by atoms with van der Waals surface area (Å²) in [4.78, 5) is 18.7. The van der Waals surface area contributed by atoms with Gasteiger partial charge in [-0.2, -0.15) is 0 Å². The van der Waals surface area contributed by atoms with Crippen molar-refractivity contribution in [2.75, 3.05) is 0 Å². The smallest absolute Gasteiger partial charge is 0.265 e. The summed E-state index contributed by atoms with van der Waals surface area (Å²) in [6, 6.07) is 39.8. The van der Waals surface area contributed by atoms with Gasteiger partial charge in [-0.05, 0) is 61.5 Å². The lowest BCUT2D eigenvalue weighted by Crippen LogP contribution is -2.15. The first-order valence-corrected chi connectivity index (χ1v) is 12.4. The fourth-order valence-corrected chi connectivity index (χ4v) is 5.86. The van der Waals surface area contributed by atoms with E-state index in [9.17, 15) is 4.79 Å². The number of hydrogen-bond acceptors (Lipinski definition) is 2. The highest BCUT2D eigenvalue weighted by atomic mass is 16.1. The van der Waals surface area contributed by atoms with Crippen LogP contribution in [0.5, 0.6) is 0 Å². The van der Waals surface area contributed by atoms with Crippen LogP contribution in [0.2, 0.25) is 0 Å². The second-order valence-corrected chi connectivity index (χ2v) is 9.57. The Bertz CT molecular complexity index is 2240. The first-order chi connectivity index (χ1) is 18.3. The third kappa shape index (κ3) is 2.82. The van der Waals surface area contributed by atoms with E-state index in [4.69, 9.17) is 4.98 Å². The van der Waals surface area contributed by atoms with Gasteiger partial charge < -0.3 is 0 Å². The van der Waals surface area contributed by atoms with Gasteiger partial charge in [0.15, 0.2) is 0 Å². The zero-order valence-corrected chi connectivity index (χ0v) is 19.8. The second kappa shape index (κ2) is 7.49. The number of benzene rings is 6. The number of nitrogens with zero attached hydrogens (tertiary/aromatic N) is 2. The van der Waals surface area contributed by atoms with E-state index in [1.165, 1.54) is 32.3 Å². The Hall–Kier alpha value is -5.02. The van der Waals surface area contributed by atoms with Crippen molar-refractivity contribution in [3.05, 3.63) is 132 Å². The molecule has 0 aliphatic carbocycles. The first-order valence-electron chi connectivity index (χ1n) is 12.4.